The van der Waals surface area contributed by atoms with E-state index in [4.69, 9.17) is 0 Å². The van der Waals surface area contributed by atoms with Crippen molar-refractivity contribution in [2.75, 3.05) is 7.05 Å². The normalized spacial score (nSPS) is 13.3. The smallest absolute Gasteiger partial charge is 0.0203 e. The molecular formula is C10H14IN. The fourth-order valence-corrected chi connectivity index (χ4v) is 1.28. The van der Waals surface area contributed by atoms with E-state index in [1.807, 2.05) is 0 Å². The fourth-order valence-electron chi connectivity index (χ4n) is 1.08. The minimum atomic E-state index is 0.605. The lowest BCUT2D eigenvalue weighted by molar-refractivity contribution is 0.467. The van der Waals surface area contributed by atoms with Crippen LogP contribution in [0, 0.1) is 0 Å². The third-order valence-corrected chi connectivity index (χ3v) is 2.93. The Morgan fingerprint density at radius 3 is 2.42 bits per heavy atom. The molecule has 0 fully saturated rings. The molecule has 12 heavy (non-hydrogen) atoms. The first-order valence-electron chi connectivity index (χ1n) is 4.12. The molecule has 0 saturated carbocycles. The van der Waals surface area contributed by atoms with E-state index in [2.05, 4.69) is 70.3 Å². The molecule has 1 aromatic rings. The second kappa shape index (κ2) is 4.82. The molecule has 0 amide bonds. The zero-order valence-corrected chi connectivity index (χ0v) is 9.65. The van der Waals surface area contributed by atoms with Crippen LogP contribution in [0.15, 0.2) is 30.3 Å². The number of hydrogen-bond donors (Lipinski definition) is 0. The van der Waals surface area contributed by atoms with Crippen molar-refractivity contribution in [1.82, 2.24) is 3.11 Å². The van der Waals surface area contributed by atoms with Crippen LogP contribution in [-0.4, -0.2) is 16.2 Å². The van der Waals surface area contributed by atoms with E-state index in [0.717, 1.165) is 6.42 Å². The molecule has 1 atom stereocenters. The zero-order valence-electron chi connectivity index (χ0n) is 7.50. The average molecular weight is 275 g/mol. The molecule has 0 bridgehead atoms. The van der Waals surface area contributed by atoms with Crippen LogP contribution < -0.4 is 0 Å². The van der Waals surface area contributed by atoms with Crippen molar-refractivity contribution in [2.45, 2.75) is 19.4 Å². The summed E-state index contributed by atoms with van der Waals surface area (Å²) in [4.78, 5) is 0. The number of halogens is 1. The predicted octanol–water partition coefficient (Wildman–Crippen LogP) is 2.90. The summed E-state index contributed by atoms with van der Waals surface area (Å²) in [6, 6.07) is 11.2. The SMILES string of the molecule is C[C@H](Cc1ccccc1)N(C)I. The van der Waals surface area contributed by atoms with Crippen LogP contribution in [0.4, 0.5) is 0 Å². The van der Waals surface area contributed by atoms with Crippen LogP contribution in [0.25, 0.3) is 0 Å². The van der Waals surface area contributed by atoms with Crippen LogP contribution in [0.3, 0.4) is 0 Å². The molecular weight excluding hydrogens is 261 g/mol. The van der Waals surface area contributed by atoms with E-state index in [9.17, 15) is 0 Å². The van der Waals surface area contributed by atoms with Gasteiger partial charge in [-0.15, -0.1) is 0 Å². The molecule has 0 unspecified atom stereocenters. The Balaban J connectivity index is 2.53. The van der Waals surface area contributed by atoms with Crippen LogP contribution in [0.1, 0.15) is 12.5 Å². The van der Waals surface area contributed by atoms with Gasteiger partial charge >= 0.3 is 0 Å². The largest absolute Gasteiger partial charge is 0.248 e. The Bertz CT molecular complexity index is 221. The maximum Gasteiger partial charge on any atom is 0.0203 e. The van der Waals surface area contributed by atoms with Gasteiger partial charge in [-0.25, -0.2) is 3.11 Å². The second-order valence-electron chi connectivity index (χ2n) is 3.06. The van der Waals surface area contributed by atoms with Gasteiger partial charge in [0, 0.05) is 28.9 Å². The Kier molecular flexibility index (Phi) is 4.01. The first-order chi connectivity index (χ1) is 5.70. The third kappa shape index (κ3) is 3.11. The summed E-state index contributed by atoms with van der Waals surface area (Å²) < 4.78 is 2.21. The van der Waals surface area contributed by atoms with Crippen molar-refractivity contribution in [3.63, 3.8) is 0 Å². The number of benzene rings is 1. The summed E-state index contributed by atoms with van der Waals surface area (Å²) in [5.74, 6) is 0. The van der Waals surface area contributed by atoms with Gasteiger partial charge in [-0.2, -0.15) is 0 Å². The van der Waals surface area contributed by atoms with E-state index in [0.29, 0.717) is 6.04 Å². The van der Waals surface area contributed by atoms with Gasteiger partial charge in [-0.1, -0.05) is 30.3 Å². The molecule has 0 spiro atoms. The highest BCUT2D eigenvalue weighted by Gasteiger charge is 2.05. The van der Waals surface area contributed by atoms with Crippen LogP contribution in [0.5, 0.6) is 0 Å². The van der Waals surface area contributed by atoms with E-state index >= 15 is 0 Å². The van der Waals surface area contributed by atoms with Gasteiger partial charge in [-0.3, -0.25) is 0 Å². The Labute approximate surface area is 88.3 Å². The van der Waals surface area contributed by atoms with Gasteiger partial charge in [0.25, 0.3) is 0 Å². The quantitative estimate of drug-likeness (QED) is 0.605. The van der Waals surface area contributed by atoms with E-state index in [1.54, 1.807) is 0 Å². The summed E-state index contributed by atoms with van der Waals surface area (Å²) in [5.41, 5.74) is 1.41. The molecule has 0 N–H and O–H groups in total. The fraction of sp³-hybridized carbons (Fsp3) is 0.400. The van der Waals surface area contributed by atoms with Gasteiger partial charge in [0.15, 0.2) is 0 Å². The number of nitrogens with zero attached hydrogens (tertiary/aromatic N) is 1. The molecule has 1 rings (SSSR count). The Morgan fingerprint density at radius 1 is 1.33 bits per heavy atom. The number of hydrogen-bond acceptors (Lipinski definition) is 1. The molecule has 66 valence electrons. The lowest BCUT2D eigenvalue weighted by Gasteiger charge is -2.17. The second-order valence-corrected chi connectivity index (χ2v) is 4.59. The van der Waals surface area contributed by atoms with Crippen LogP contribution >= 0.6 is 22.9 Å². The maximum atomic E-state index is 2.33. The molecule has 0 saturated heterocycles. The van der Waals surface area contributed by atoms with E-state index in [1.165, 1.54) is 5.56 Å². The highest BCUT2D eigenvalue weighted by molar-refractivity contribution is 14.1. The molecule has 0 aliphatic rings. The summed E-state index contributed by atoms with van der Waals surface area (Å²) in [6.07, 6.45) is 1.13. The lowest BCUT2D eigenvalue weighted by Crippen LogP contribution is -2.21. The number of likely N-dealkylation sites (N-methyl/N-ethyl adjacent to an activating group) is 1. The van der Waals surface area contributed by atoms with Gasteiger partial charge in [0.1, 0.15) is 0 Å². The summed E-state index contributed by atoms with van der Waals surface area (Å²) in [7, 11) is 2.11. The van der Waals surface area contributed by atoms with E-state index in [-0.39, 0.29) is 0 Å². The van der Waals surface area contributed by atoms with E-state index < -0.39 is 0 Å². The highest BCUT2D eigenvalue weighted by Crippen LogP contribution is 2.09. The number of rotatable bonds is 3. The molecule has 1 aromatic carbocycles. The maximum absolute atomic E-state index is 2.33. The van der Waals surface area contributed by atoms with Gasteiger partial charge in [0.2, 0.25) is 0 Å². The standard InChI is InChI=1S/C10H14IN/c1-9(12(2)11)8-10-6-4-3-5-7-10/h3-7,9H,8H2,1-2H3/t9-/m1/s1. The van der Waals surface area contributed by atoms with Gasteiger partial charge in [0.05, 0.1) is 0 Å². The lowest BCUT2D eigenvalue weighted by atomic mass is 10.1. The van der Waals surface area contributed by atoms with Crippen LogP contribution in [-0.2, 0) is 6.42 Å². The van der Waals surface area contributed by atoms with Crippen molar-refractivity contribution < 1.29 is 0 Å². The first-order valence-corrected chi connectivity index (χ1v) is 5.09. The topological polar surface area (TPSA) is 3.24 Å². The Morgan fingerprint density at radius 2 is 1.92 bits per heavy atom. The van der Waals surface area contributed by atoms with Crippen molar-refractivity contribution in [3.8, 4) is 0 Å². The molecule has 0 aromatic heterocycles. The molecule has 0 aliphatic carbocycles. The highest BCUT2D eigenvalue weighted by atomic mass is 127. The first kappa shape index (κ1) is 9.99. The van der Waals surface area contributed by atoms with Gasteiger partial charge < -0.3 is 0 Å². The molecule has 0 radical (unpaired) electrons. The van der Waals surface area contributed by atoms with Gasteiger partial charge in [-0.05, 0) is 26.0 Å². The molecule has 2 heteroatoms. The third-order valence-electron chi connectivity index (χ3n) is 1.98. The summed E-state index contributed by atoms with van der Waals surface area (Å²) in [6.45, 7) is 2.24. The van der Waals surface area contributed by atoms with Crippen molar-refractivity contribution in [2.24, 2.45) is 0 Å². The summed E-state index contributed by atoms with van der Waals surface area (Å²) in [5, 5.41) is 0. The minimum Gasteiger partial charge on any atom is -0.248 e. The Hall–Kier alpha value is -0.0900. The summed E-state index contributed by atoms with van der Waals surface area (Å²) >= 11 is 2.33. The van der Waals surface area contributed by atoms with Crippen molar-refractivity contribution in [3.05, 3.63) is 35.9 Å². The van der Waals surface area contributed by atoms with Crippen molar-refractivity contribution in [1.29, 1.82) is 0 Å². The monoisotopic (exact) mass is 275 g/mol. The predicted molar refractivity (Wildman–Crippen MR) is 61.4 cm³/mol. The molecule has 1 nitrogen and oxygen atoms in total. The van der Waals surface area contributed by atoms with Crippen molar-refractivity contribution >= 4 is 22.9 Å². The minimum absolute atomic E-state index is 0.605. The van der Waals surface area contributed by atoms with Crippen LogP contribution in [0.2, 0.25) is 0 Å². The molecule has 0 heterocycles. The molecule has 0 aliphatic heterocycles. The average Bonchev–Trinajstić information content (AvgIpc) is 2.06. The zero-order chi connectivity index (χ0) is 8.97.